The summed E-state index contributed by atoms with van der Waals surface area (Å²) >= 11 is 11.9. The average molecular weight is 352 g/mol. The number of rotatable bonds is 5. The molecule has 0 aliphatic rings. The first-order valence-corrected chi connectivity index (χ1v) is 7.66. The minimum atomic E-state index is -0.771. The van der Waals surface area contributed by atoms with Crippen molar-refractivity contribution >= 4 is 40.6 Å². The number of hydrogen-bond donors (Lipinski definition) is 1. The number of carbonyl (C=O) groups is 2. The Labute approximate surface area is 144 Å². The van der Waals surface area contributed by atoms with Crippen LogP contribution in [-0.2, 0) is 4.79 Å². The maximum Gasteiger partial charge on any atom is 0.265 e. The molecular formula is C17H15Cl2NO3. The van der Waals surface area contributed by atoms with Crippen molar-refractivity contribution in [3.63, 3.8) is 0 Å². The number of anilines is 1. The quantitative estimate of drug-likeness (QED) is 0.800. The zero-order valence-electron chi connectivity index (χ0n) is 12.6. The summed E-state index contributed by atoms with van der Waals surface area (Å²) in [4.78, 5) is 23.6. The zero-order valence-corrected chi connectivity index (χ0v) is 14.1. The molecule has 1 atom stereocenters. The summed E-state index contributed by atoms with van der Waals surface area (Å²) in [5.74, 6) is -0.00167. The Hall–Kier alpha value is -2.04. The van der Waals surface area contributed by atoms with E-state index in [0.29, 0.717) is 27.0 Å². The van der Waals surface area contributed by atoms with E-state index in [4.69, 9.17) is 27.9 Å². The van der Waals surface area contributed by atoms with Gasteiger partial charge in [-0.25, -0.2) is 0 Å². The number of amides is 1. The normalized spacial score (nSPS) is 11.7. The van der Waals surface area contributed by atoms with Gasteiger partial charge in [0, 0.05) is 10.6 Å². The molecular weight excluding hydrogens is 337 g/mol. The van der Waals surface area contributed by atoms with Crippen LogP contribution < -0.4 is 10.1 Å². The van der Waals surface area contributed by atoms with Crippen LogP contribution in [0.3, 0.4) is 0 Å². The molecule has 1 amide bonds. The molecule has 6 heteroatoms. The molecule has 2 rings (SSSR count). The third kappa shape index (κ3) is 4.71. The number of benzene rings is 2. The molecule has 0 saturated carbocycles. The lowest BCUT2D eigenvalue weighted by Crippen LogP contribution is -2.30. The van der Waals surface area contributed by atoms with Gasteiger partial charge < -0.3 is 10.1 Å². The van der Waals surface area contributed by atoms with E-state index in [-0.39, 0.29) is 11.7 Å². The van der Waals surface area contributed by atoms with Gasteiger partial charge in [-0.1, -0.05) is 35.3 Å². The molecule has 0 radical (unpaired) electrons. The van der Waals surface area contributed by atoms with Crippen molar-refractivity contribution in [2.75, 3.05) is 5.32 Å². The highest BCUT2D eigenvalue weighted by molar-refractivity contribution is 6.35. The summed E-state index contributed by atoms with van der Waals surface area (Å²) in [6, 6.07) is 11.5. The number of carbonyl (C=O) groups excluding carboxylic acids is 2. The zero-order chi connectivity index (χ0) is 17.0. The van der Waals surface area contributed by atoms with Crippen molar-refractivity contribution in [3.8, 4) is 5.75 Å². The second kappa shape index (κ2) is 7.49. The molecule has 120 valence electrons. The summed E-state index contributed by atoms with van der Waals surface area (Å²) in [5.41, 5.74) is 0.935. The topological polar surface area (TPSA) is 55.4 Å². The maximum atomic E-state index is 12.2. The highest BCUT2D eigenvalue weighted by Crippen LogP contribution is 2.25. The van der Waals surface area contributed by atoms with Gasteiger partial charge in [-0.2, -0.15) is 0 Å². The molecule has 2 aromatic rings. The van der Waals surface area contributed by atoms with Gasteiger partial charge in [-0.3, -0.25) is 9.59 Å². The number of ketones is 1. The summed E-state index contributed by atoms with van der Waals surface area (Å²) in [7, 11) is 0. The Morgan fingerprint density at radius 1 is 1.13 bits per heavy atom. The van der Waals surface area contributed by atoms with E-state index in [0.717, 1.165) is 0 Å². The first kappa shape index (κ1) is 17.3. The van der Waals surface area contributed by atoms with E-state index >= 15 is 0 Å². The summed E-state index contributed by atoms with van der Waals surface area (Å²) in [5, 5.41) is 3.51. The first-order valence-electron chi connectivity index (χ1n) is 6.90. The lowest BCUT2D eigenvalue weighted by Gasteiger charge is -2.16. The minimum Gasteiger partial charge on any atom is -0.481 e. The van der Waals surface area contributed by atoms with Gasteiger partial charge >= 0.3 is 0 Å². The molecule has 23 heavy (non-hydrogen) atoms. The van der Waals surface area contributed by atoms with Crippen molar-refractivity contribution in [1.82, 2.24) is 0 Å². The summed E-state index contributed by atoms with van der Waals surface area (Å²) in [6.45, 7) is 3.07. The van der Waals surface area contributed by atoms with Crippen molar-refractivity contribution in [2.45, 2.75) is 20.0 Å². The molecule has 0 aromatic heterocycles. The van der Waals surface area contributed by atoms with Gasteiger partial charge in [0.1, 0.15) is 5.75 Å². The van der Waals surface area contributed by atoms with Crippen LogP contribution in [0.15, 0.2) is 42.5 Å². The van der Waals surface area contributed by atoms with Gasteiger partial charge in [0.25, 0.3) is 5.91 Å². The van der Waals surface area contributed by atoms with Crippen molar-refractivity contribution in [3.05, 3.63) is 58.1 Å². The van der Waals surface area contributed by atoms with Gasteiger partial charge in [-0.05, 0) is 44.2 Å². The minimum absolute atomic E-state index is 0.0711. The molecule has 0 fully saturated rings. The maximum absolute atomic E-state index is 12.2. The Morgan fingerprint density at radius 2 is 1.87 bits per heavy atom. The molecule has 1 N–H and O–H groups in total. The fraction of sp³-hybridized carbons (Fsp3) is 0.176. The largest absolute Gasteiger partial charge is 0.481 e. The van der Waals surface area contributed by atoms with Crippen LogP contribution in [0.1, 0.15) is 24.2 Å². The van der Waals surface area contributed by atoms with Crippen molar-refractivity contribution in [1.29, 1.82) is 0 Å². The smallest absolute Gasteiger partial charge is 0.265 e. The van der Waals surface area contributed by atoms with Gasteiger partial charge in [0.05, 0.1) is 10.7 Å². The van der Waals surface area contributed by atoms with Crippen LogP contribution in [0.5, 0.6) is 5.75 Å². The van der Waals surface area contributed by atoms with Crippen LogP contribution in [0, 0.1) is 0 Å². The predicted molar refractivity (Wildman–Crippen MR) is 91.6 cm³/mol. The second-order valence-electron chi connectivity index (χ2n) is 4.96. The molecule has 0 aliphatic carbocycles. The van der Waals surface area contributed by atoms with E-state index in [2.05, 4.69) is 5.32 Å². The lowest BCUT2D eigenvalue weighted by atomic mass is 10.1. The van der Waals surface area contributed by atoms with E-state index in [9.17, 15) is 9.59 Å². The molecule has 0 aliphatic heterocycles. The van der Waals surface area contributed by atoms with E-state index in [1.165, 1.54) is 6.92 Å². The molecule has 0 unspecified atom stereocenters. The van der Waals surface area contributed by atoms with Gasteiger partial charge in [0.15, 0.2) is 11.9 Å². The Balaban J connectivity index is 2.07. The van der Waals surface area contributed by atoms with Crippen molar-refractivity contribution in [2.24, 2.45) is 0 Å². The number of hydrogen-bond acceptors (Lipinski definition) is 3. The van der Waals surface area contributed by atoms with Gasteiger partial charge in [-0.15, -0.1) is 0 Å². The summed E-state index contributed by atoms with van der Waals surface area (Å²) < 4.78 is 5.57. The predicted octanol–water partition coefficient (Wildman–Crippen LogP) is 4.60. The highest BCUT2D eigenvalue weighted by atomic mass is 35.5. The third-order valence-electron chi connectivity index (χ3n) is 3.11. The molecule has 0 heterocycles. The Kier molecular flexibility index (Phi) is 5.64. The monoisotopic (exact) mass is 351 g/mol. The Bertz CT molecular complexity index is 746. The first-order chi connectivity index (χ1) is 10.9. The van der Waals surface area contributed by atoms with E-state index in [1.54, 1.807) is 49.4 Å². The Morgan fingerprint density at radius 3 is 2.57 bits per heavy atom. The SMILES string of the molecule is CC(=O)c1cccc(O[C@H](C)C(=O)Nc2cc(Cl)ccc2Cl)c1. The summed E-state index contributed by atoms with van der Waals surface area (Å²) in [6.07, 6.45) is -0.771. The molecule has 2 aromatic carbocycles. The fourth-order valence-electron chi connectivity index (χ4n) is 1.87. The number of halogens is 2. The molecule has 4 nitrogen and oxygen atoms in total. The van der Waals surface area contributed by atoms with Crippen LogP contribution in [0.25, 0.3) is 0 Å². The van der Waals surface area contributed by atoms with Crippen LogP contribution in [-0.4, -0.2) is 17.8 Å². The lowest BCUT2D eigenvalue weighted by molar-refractivity contribution is -0.122. The van der Waals surface area contributed by atoms with E-state index < -0.39 is 6.10 Å². The van der Waals surface area contributed by atoms with Gasteiger partial charge in [0.2, 0.25) is 0 Å². The standard InChI is InChI=1S/C17H15Cl2NO3/c1-10(21)12-4-3-5-14(8-12)23-11(2)17(22)20-16-9-13(18)6-7-15(16)19/h3-9,11H,1-2H3,(H,20,22)/t11-/m1/s1. The second-order valence-corrected chi connectivity index (χ2v) is 5.80. The number of nitrogens with one attached hydrogen (secondary N) is 1. The van der Waals surface area contributed by atoms with Crippen LogP contribution in [0.4, 0.5) is 5.69 Å². The van der Waals surface area contributed by atoms with Crippen LogP contribution in [0.2, 0.25) is 10.0 Å². The highest BCUT2D eigenvalue weighted by Gasteiger charge is 2.16. The molecule has 0 bridgehead atoms. The average Bonchev–Trinajstić information content (AvgIpc) is 2.51. The van der Waals surface area contributed by atoms with Crippen molar-refractivity contribution < 1.29 is 14.3 Å². The van der Waals surface area contributed by atoms with E-state index in [1.807, 2.05) is 0 Å². The fourth-order valence-corrected chi connectivity index (χ4v) is 2.21. The number of ether oxygens (including phenoxy) is 1. The van der Waals surface area contributed by atoms with Crippen LogP contribution >= 0.6 is 23.2 Å². The molecule has 0 saturated heterocycles. The third-order valence-corrected chi connectivity index (χ3v) is 3.67. The number of Topliss-reactive ketones (excluding diaryl/α,β-unsaturated/α-hetero) is 1. The molecule has 0 spiro atoms.